The van der Waals surface area contributed by atoms with Crippen molar-refractivity contribution in [1.82, 2.24) is 0 Å². The van der Waals surface area contributed by atoms with Crippen LogP contribution in [-0.2, 0) is 9.47 Å². The van der Waals surface area contributed by atoms with E-state index in [0.717, 1.165) is 22.3 Å². The number of ether oxygens (including phenoxy) is 2. The topological polar surface area (TPSA) is 52.6 Å². The molecule has 0 atom stereocenters. The Bertz CT molecular complexity index is 999. The highest BCUT2D eigenvalue weighted by Gasteiger charge is 2.05. The molecule has 0 saturated heterocycles. The molecular formula is C28H26O4. The largest absolute Gasteiger partial charge is 0.462 e. The SMILES string of the molecule is CCOC(=O)c1ccc(C=Cc2ccc(C=Cc3ccc(C(=O)OCC)cc3)cc2)cc1. The molecule has 0 radical (unpaired) electrons. The predicted octanol–water partition coefficient (Wildman–Crippen LogP) is 6.38. The third kappa shape index (κ3) is 6.54. The highest BCUT2D eigenvalue weighted by Crippen LogP contribution is 2.14. The number of carbonyl (C=O) groups is 2. The molecule has 0 aliphatic carbocycles. The van der Waals surface area contributed by atoms with Gasteiger partial charge < -0.3 is 9.47 Å². The zero-order chi connectivity index (χ0) is 22.8. The third-order valence-corrected chi connectivity index (χ3v) is 4.72. The van der Waals surface area contributed by atoms with Crippen molar-refractivity contribution in [3.8, 4) is 0 Å². The average Bonchev–Trinajstić information content (AvgIpc) is 2.83. The molecule has 0 unspecified atom stereocenters. The van der Waals surface area contributed by atoms with E-state index < -0.39 is 0 Å². The molecule has 32 heavy (non-hydrogen) atoms. The molecule has 4 nitrogen and oxygen atoms in total. The summed E-state index contributed by atoms with van der Waals surface area (Å²) in [7, 11) is 0. The van der Waals surface area contributed by atoms with Crippen LogP contribution in [0.25, 0.3) is 24.3 Å². The summed E-state index contributed by atoms with van der Waals surface area (Å²) in [6.45, 7) is 4.32. The summed E-state index contributed by atoms with van der Waals surface area (Å²) < 4.78 is 10.00. The zero-order valence-electron chi connectivity index (χ0n) is 18.3. The van der Waals surface area contributed by atoms with Crippen LogP contribution in [0, 0.1) is 0 Å². The van der Waals surface area contributed by atoms with Crippen molar-refractivity contribution in [1.29, 1.82) is 0 Å². The second-order valence-corrected chi connectivity index (χ2v) is 7.02. The number of esters is 2. The molecule has 0 saturated carbocycles. The molecule has 3 aromatic rings. The fraction of sp³-hybridized carbons (Fsp3) is 0.143. The van der Waals surface area contributed by atoms with Gasteiger partial charge in [-0.2, -0.15) is 0 Å². The lowest BCUT2D eigenvalue weighted by Gasteiger charge is -2.02. The van der Waals surface area contributed by atoms with Gasteiger partial charge in [0.2, 0.25) is 0 Å². The Hall–Kier alpha value is -3.92. The van der Waals surface area contributed by atoms with Gasteiger partial charge in [-0.15, -0.1) is 0 Å². The summed E-state index contributed by atoms with van der Waals surface area (Å²) in [6.07, 6.45) is 8.07. The van der Waals surface area contributed by atoms with Crippen molar-refractivity contribution in [3.63, 3.8) is 0 Å². The highest BCUT2D eigenvalue weighted by molar-refractivity contribution is 5.90. The van der Waals surface area contributed by atoms with Crippen molar-refractivity contribution in [2.45, 2.75) is 13.8 Å². The van der Waals surface area contributed by atoms with Gasteiger partial charge in [0.15, 0.2) is 0 Å². The zero-order valence-corrected chi connectivity index (χ0v) is 18.3. The molecule has 162 valence electrons. The predicted molar refractivity (Wildman–Crippen MR) is 129 cm³/mol. The number of rotatable bonds is 8. The molecule has 0 heterocycles. The van der Waals surface area contributed by atoms with E-state index in [1.165, 1.54) is 0 Å². The number of hydrogen-bond donors (Lipinski definition) is 0. The number of carbonyl (C=O) groups excluding carboxylic acids is 2. The van der Waals surface area contributed by atoms with Crippen molar-refractivity contribution >= 4 is 36.2 Å². The summed E-state index contributed by atoms with van der Waals surface area (Å²) in [5, 5.41) is 0. The number of benzene rings is 3. The lowest BCUT2D eigenvalue weighted by Crippen LogP contribution is -2.03. The lowest BCUT2D eigenvalue weighted by atomic mass is 10.1. The van der Waals surface area contributed by atoms with Gasteiger partial charge in [0.05, 0.1) is 24.3 Å². The fourth-order valence-electron chi connectivity index (χ4n) is 2.99. The Morgan fingerprint density at radius 1 is 0.531 bits per heavy atom. The molecule has 0 aliphatic heterocycles. The van der Waals surface area contributed by atoms with E-state index in [1.54, 1.807) is 38.1 Å². The quantitative estimate of drug-likeness (QED) is 0.310. The van der Waals surface area contributed by atoms with Gasteiger partial charge in [0.25, 0.3) is 0 Å². The molecule has 0 aromatic heterocycles. The van der Waals surface area contributed by atoms with Crippen LogP contribution in [-0.4, -0.2) is 25.2 Å². The first-order chi connectivity index (χ1) is 15.6. The average molecular weight is 427 g/mol. The maximum Gasteiger partial charge on any atom is 0.338 e. The Morgan fingerprint density at radius 2 is 0.781 bits per heavy atom. The second-order valence-electron chi connectivity index (χ2n) is 7.02. The van der Waals surface area contributed by atoms with Gasteiger partial charge in [0.1, 0.15) is 0 Å². The van der Waals surface area contributed by atoms with Crippen LogP contribution in [0.5, 0.6) is 0 Å². The van der Waals surface area contributed by atoms with Crippen molar-refractivity contribution < 1.29 is 19.1 Å². The van der Waals surface area contributed by atoms with Gasteiger partial charge in [-0.3, -0.25) is 0 Å². The maximum atomic E-state index is 11.7. The standard InChI is InChI=1S/C28H26O4/c1-3-31-27(29)25-17-13-23(14-18-25)11-9-21-5-7-22(8-6-21)10-12-24-15-19-26(20-16-24)28(30)32-4-2/h5-20H,3-4H2,1-2H3. The molecule has 3 aromatic carbocycles. The Balaban J connectivity index is 1.59. The summed E-state index contributed by atoms with van der Waals surface area (Å²) >= 11 is 0. The molecule has 3 rings (SSSR count). The van der Waals surface area contributed by atoms with Crippen LogP contribution >= 0.6 is 0 Å². The molecule has 0 N–H and O–H groups in total. The van der Waals surface area contributed by atoms with E-state index >= 15 is 0 Å². The van der Waals surface area contributed by atoms with E-state index in [1.807, 2.05) is 72.8 Å². The number of hydrogen-bond acceptors (Lipinski definition) is 4. The first-order valence-corrected chi connectivity index (χ1v) is 10.6. The van der Waals surface area contributed by atoms with Crippen LogP contribution in [0.15, 0.2) is 72.8 Å². The minimum Gasteiger partial charge on any atom is -0.462 e. The second kappa shape index (κ2) is 11.5. The molecule has 0 amide bonds. The molecule has 0 aliphatic rings. The Kier molecular flexibility index (Phi) is 8.15. The smallest absolute Gasteiger partial charge is 0.338 e. The fourth-order valence-corrected chi connectivity index (χ4v) is 2.99. The summed E-state index contributed by atoms with van der Waals surface area (Å²) in [5.74, 6) is -0.608. The summed E-state index contributed by atoms with van der Waals surface area (Å²) in [6, 6.07) is 22.9. The van der Waals surface area contributed by atoms with Gasteiger partial charge >= 0.3 is 11.9 Å². The molecule has 4 heteroatoms. The minimum absolute atomic E-state index is 0.304. The molecular weight excluding hydrogens is 400 g/mol. The van der Waals surface area contributed by atoms with Crippen LogP contribution in [0.1, 0.15) is 56.8 Å². The van der Waals surface area contributed by atoms with Gasteiger partial charge in [0, 0.05) is 0 Å². The lowest BCUT2D eigenvalue weighted by molar-refractivity contribution is 0.0516. The van der Waals surface area contributed by atoms with Crippen molar-refractivity contribution in [2.24, 2.45) is 0 Å². The van der Waals surface area contributed by atoms with Crippen LogP contribution in [0.4, 0.5) is 0 Å². The van der Waals surface area contributed by atoms with Crippen LogP contribution in [0.3, 0.4) is 0 Å². The molecule has 0 fully saturated rings. The van der Waals surface area contributed by atoms with Gasteiger partial charge in [-0.1, -0.05) is 72.8 Å². The Morgan fingerprint density at radius 3 is 1.03 bits per heavy atom. The van der Waals surface area contributed by atoms with Crippen molar-refractivity contribution in [3.05, 3.63) is 106 Å². The van der Waals surface area contributed by atoms with Crippen LogP contribution < -0.4 is 0 Å². The van der Waals surface area contributed by atoms with E-state index in [4.69, 9.17) is 9.47 Å². The first-order valence-electron chi connectivity index (χ1n) is 10.6. The minimum atomic E-state index is -0.304. The van der Waals surface area contributed by atoms with Gasteiger partial charge in [-0.05, 0) is 60.4 Å². The van der Waals surface area contributed by atoms with Crippen LogP contribution in [0.2, 0.25) is 0 Å². The van der Waals surface area contributed by atoms with Crippen molar-refractivity contribution in [2.75, 3.05) is 13.2 Å². The van der Waals surface area contributed by atoms with E-state index in [9.17, 15) is 9.59 Å². The summed E-state index contributed by atoms with van der Waals surface area (Å²) in [5.41, 5.74) is 5.28. The molecule has 0 bridgehead atoms. The Labute approximate surface area is 188 Å². The van der Waals surface area contributed by atoms with E-state index in [-0.39, 0.29) is 11.9 Å². The third-order valence-electron chi connectivity index (χ3n) is 4.72. The normalized spacial score (nSPS) is 11.1. The first kappa shape index (κ1) is 22.8. The molecule has 0 spiro atoms. The summed E-state index contributed by atoms with van der Waals surface area (Å²) in [4.78, 5) is 23.4. The monoisotopic (exact) mass is 426 g/mol. The highest BCUT2D eigenvalue weighted by atomic mass is 16.5. The van der Waals surface area contributed by atoms with E-state index in [0.29, 0.717) is 24.3 Å². The van der Waals surface area contributed by atoms with Gasteiger partial charge in [-0.25, -0.2) is 9.59 Å². The maximum absolute atomic E-state index is 11.7. The van der Waals surface area contributed by atoms with E-state index in [2.05, 4.69) is 0 Å².